The molecule has 0 unspecified atom stereocenters. The summed E-state index contributed by atoms with van der Waals surface area (Å²) in [7, 11) is 0. The molecule has 0 saturated carbocycles. The Labute approximate surface area is 211 Å². The molecule has 36 heavy (non-hydrogen) atoms. The van der Waals surface area contributed by atoms with Gasteiger partial charge in [-0.05, 0) is 47.9 Å². The molecular weight excluding hydrogens is 491 g/mol. The lowest BCUT2D eigenvalue weighted by Gasteiger charge is -2.42. The van der Waals surface area contributed by atoms with Gasteiger partial charge in [-0.25, -0.2) is 4.98 Å². The number of pyridine rings is 2. The molecule has 1 aliphatic heterocycles. The van der Waals surface area contributed by atoms with Crippen LogP contribution < -0.4 is 0 Å². The van der Waals surface area contributed by atoms with E-state index in [1.807, 2.05) is 42.5 Å². The van der Waals surface area contributed by atoms with Crippen molar-refractivity contribution < 1.29 is 23.4 Å². The van der Waals surface area contributed by atoms with Crippen molar-refractivity contribution in [3.05, 3.63) is 89.0 Å². The van der Waals surface area contributed by atoms with Crippen molar-refractivity contribution in [2.45, 2.75) is 24.3 Å². The molecule has 3 aromatic rings. The van der Waals surface area contributed by atoms with Crippen LogP contribution >= 0.6 is 11.6 Å². The Morgan fingerprint density at radius 1 is 1.03 bits per heavy atom. The van der Waals surface area contributed by atoms with E-state index in [4.69, 9.17) is 11.6 Å². The molecule has 0 amide bonds. The van der Waals surface area contributed by atoms with Gasteiger partial charge in [0.05, 0.1) is 5.69 Å². The molecule has 0 aliphatic carbocycles. The van der Waals surface area contributed by atoms with Gasteiger partial charge in [-0.2, -0.15) is 13.2 Å². The number of rotatable bonds is 4. The summed E-state index contributed by atoms with van der Waals surface area (Å²) >= 11 is 5.92. The Balaban J connectivity index is 1.30. The number of aliphatic hydroxyl groups excluding tert-OH is 1. The van der Waals surface area contributed by atoms with E-state index in [0.717, 1.165) is 11.1 Å². The van der Waals surface area contributed by atoms with E-state index in [9.17, 15) is 23.4 Å². The zero-order valence-corrected chi connectivity index (χ0v) is 19.8. The topological polar surface area (TPSA) is 69.5 Å². The van der Waals surface area contributed by atoms with Gasteiger partial charge in [0.25, 0.3) is 0 Å². The van der Waals surface area contributed by atoms with E-state index in [1.165, 1.54) is 0 Å². The Morgan fingerprint density at radius 3 is 2.39 bits per heavy atom. The maximum atomic E-state index is 13.0. The second kappa shape index (κ2) is 10.8. The SMILES string of the molecule is O[C@@H]1CN(C/C=C/c2ccc(C#Cc3ccc(-c4ccc(Cl)cc4)cn3)cn2)CC[C@@]1(O)C(F)(F)F. The number of hydrogen-bond donors (Lipinski definition) is 2. The van der Waals surface area contributed by atoms with E-state index < -0.39 is 24.3 Å². The molecule has 1 aromatic carbocycles. The maximum Gasteiger partial charge on any atom is 0.419 e. The normalized spacial score (nSPS) is 20.8. The van der Waals surface area contributed by atoms with Crippen LogP contribution in [0.3, 0.4) is 0 Å². The van der Waals surface area contributed by atoms with Gasteiger partial charge in [0.1, 0.15) is 11.8 Å². The van der Waals surface area contributed by atoms with Gasteiger partial charge in [-0.15, -0.1) is 0 Å². The second-order valence-electron chi connectivity index (χ2n) is 8.51. The van der Waals surface area contributed by atoms with Crippen LogP contribution in [-0.4, -0.2) is 62.6 Å². The van der Waals surface area contributed by atoms with E-state index in [-0.39, 0.29) is 13.1 Å². The number of aliphatic hydroxyl groups is 2. The quantitative estimate of drug-likeness (QED) is 0.500. The zero-order chi connectivity index (χ0) is 25.8. The molecule has 3 heterocycles. The largest absolute Gasteiger partial charge is 0.419 e. The predicted octanol–water partition coefficient (Wildman–Crippen LogP) is 4.57. The lowest BCUT2D eigenvalue weighted by molar-refractivity contribution is -0.302. The number of benzene rings is 1. The third kappa shape index (κ3) is 6.12. The standard InChI is InChI=1S/C27H23ClF3N3O2/c28-22-8-5-20(6-9-22)21-7-12-24(33-17-21)11-4-19-3-10-23(32-16-19)2-1-14-34-15-13-26(36,25(35)18-34)27(29,30)31/h1-3,5-10,12,16-17,25,35-36H,13-15,18H2/b2-1+/t25-,26+/m1/s1. The van der Waals surface area contributed by atoms with Crippen molar-refractivity contribution in [3.63, 3.8) is 0 Å². The third-order valence-electron chi connectivity index (χ3n) is 6.00. The highest BCUT2D eigenvalue weighted by atomic mass is 35.5. The van der Waals surface area contributed by atoms with E-state index in [0.29, 0.717) is 28.5 Å². The molecule has 0 spiro atoms. The molecule has 1 saturated heterocycles. The fourth-order valence-corrected chi connectivity index (χ4v) is 3.92. The van der Waals surface area contributed by atoms with Crippen molar-refractivity contribution >= 4 is 17.7 Å². The summed E-state index contributed by atoms with van der Waals surface area (Å²) in [5.74, 6) is 6.02. The average Bonchev–Trinajstić information content (AvgIpc) is 2.86. The Kier molecular flexibility index (Phi) is 7.76. The van der Waals surface area contributed by atoms with Crippen molar-refractivity contribution in [1.82, 2.24) is 14.9 Å². The Hall–Kier alpha value is -3.22. The molecule has 1 fully saturated rings. The van der Waals surface area contributed by atoms with Gasteiger partial charge in [0.2, 0.25) is 0 Å². The number of likely N-dealkylation sites (tertiary alicyclic amines) is 1. The second-order valence-corrected chi connectivity index (χ2v) is 8.95. The number of nitrogens with zero attached hydrogens (tertiary/aromatic N) is 3. The average molecular weight is 514 g/mol. The number of aromatic nitrogens is 2. The van der Waals surface area contributed by atoms with Gasteiger partial charge in [-0.1, -0.05) is 41.8 Å². The minimum atomic E-state index is -4.86. The van der Waals surface area contributed by atoms with Crippen LogP contribution in [-0.2, 0) is 0 Å². The minimum absolute atomic E-state index is 0.0219. The fraction of sp³-hybridized carbons (Fsp3) is 0.259. The van der Waals surface area contributed by atoms with Gasteiger partial charge in [0, 0.05) is 54.6 Å². The number of hydrogen-bond acceptors (Lipinski definition) is 5. The molecule has 186 valence electrons. The molecule has 2 N–H and O–H groups in total. The van der Waals surface area contributed by atoms with Gasteiger partial charge < -0.3 is 10.2 Å². The smallest absolute Gasteiger partial charge is 0.388 e. The maximum absolute atomic E-state index is 13.0. The van der Waals surface area contributed by atoms with Crippen molar-refractivity contribution in [2.24, 2.45) is 0 Å². The molecule has 4 rings (SSSR count). The first-order chi connectivity index (χ1) is 17.1. The van der Waals surface area contributed by atoms with Crippen molar-refractivity contribution in [3.8, 4) is 23.0 Å². The van der Waals surface area contributed by atoms with Crippen LogP contribution in [0.4, 0.5) is 13.2 Å². The predicted molar refractivity (Wildman–Crippen MR) is 132 cm³/mol. The van der Waals surface area contributed by atoms with Crippen LogP contribution in [0, 0.1) is 11.8 Å². The molecule has 0 bridgehead atoms. The van der Waals surface area contributed by atoms with Gasteiger partial charge in [0.15, 0.2) is 5.60 Å². The summed E-state index contributed by atoms with van der Waals surface area (Å²) in [5.41, 5.74) is 0.915. The highest BCUT2D eigenvalue weighted by Crippen LogP contribution is 2.38. The summed E-state index contributed by atoms with van der Waals surface area (Å²) in [6, 6.07) is 14.9. The van der Waals surface area contributed by atoms with Crippen LogP contribution in [0.25, 0.3) is 17.2 Å². The van der Waals surface area contributed by atoms with Crippen LogP contribution in [0.2, 0.25) is 5.02 Å². The first kappa shape index (κ1) is 25.9. The third-order valence-corrected chi connectivity index (χ3v) is 6.25. The number of β-amino-alcohol motifs (C(OH)–C–C–N with tert-alkyl or cyclic N) is 1. The molecular formula is C27H23ClF3N3O2. The molecule has 2 aromatic heterocycles. The van der Waals surface area contributed by atoms with Crippen LogP contribution in [0.5, 0.6) is 0 Å². The first-order valence-corrected chi connectivity index (χ1v) is 11.6. The zero-order valence-electron chi connectivity index (χ0n) is 19.1. The van der Waals surface area contributed by atoms with Crippen molar-refractivity contribution in [2.75, 3.05) is 19.6 Å². The monoisotopic (exact) mass is 513 g/mol. The van der Waals surface area contributed by atoms with Gasteiger partial charge in [-0.3, -0.25) is 9.88 Å². The summed E-state index contributed by atoms with van der Waals surface area (Å²) in [4.78, 5) is 10.4. The lowest BCUT2D eigenvalue weighted by atomic mass is 9.88. The van der Waals surface area contributed by atoms with Gasteiger partial charge >= 0.3 is 6.18 Å². The van der Waals surface area contributed by atoms with E-state index in [1.54, 1.807) is 35.5 Å². The highest BCUT2D eigenvalue weighted by Gasteiger charge is 2.59. The highest BCUT2D eigenvalue weighted by molar-refractivity contribution is 6.30. The van der Waals surface area contributed by atoms with E-state index in [2.05, 4.69) is 21.8 Å². The minimum Gasteiger partial charge on any atom is -0.388 e. The summed E-state index contributed by atoms with van der Waals surface area (Å²) in [6.45, 7) is 0.0804. The van der Waals surface area contributed by atoms with Crippen LogP contribution in [0.1, 0.15) is 23.4 Å². The fourth-order valence-electron chi connectivity index (χ4n) is 3.80. The molecule has 0 radical (unpaired) electrons. The summed E-state index contributed by atoms with van der Waals surface area (Å²) in [6.07, 6.45) is -0.447. The molecule has 9 heteroatoms. The van der Waals surface area contributed by atoms with Crippen molar-refractivity contribution in [1.29, 1.82) is 0 Å². The molecule has 5 nitrogen and oxygen atoms in total. The Morgan fingerprint density at radius 2 is 1.78 bits per heavy atom. The molecule has 2 atom stereocenters. The number of halogens is 4. The lowest BCUT2D eigenvalue weighted by Crippen LogP contribution is -2.62. The summed E-state index contributed by atoms with van der Waals surface area (Å²) in [5, 5.41) is 20.3. The summed E-state index contributed by atoms with van der Waals surface area (Å²) < 4.78 is 39.0. The molecule has 1 aliphatic rings. The first-order valence-electron chi connectivity index (χ1n) is 11.2. The Bertz CT molecular complexity index is 1270. The number of alkyl halides is 3. The van der Waals surface area contributed by atoms with Crippen LogP contribution in [0.15, 0.2) is 67.0 Å². The van der Waals surface area contributed by atoms with E-state index >= 15 is 0 Å². The number of piperidine rings is 1.